The molecule has 16 nitrogen and oxygen atoms in total. The van der Waals surface area contributed by atoms with Crippen molar-refractivity contribution in [1.82, 2.24) is 9.80 Å². The third-order valence-corrected chi connectivity index (χ3v) is 12.4. The van der Waals surface area contributed by atoms with Crippen molar-refractivity contribution in [2.24, 2.45) is 0 Å². The van der Waals surface area contributed by atoms with Crippen LogP contribution in [-0.2, 0) is 47.7 Å². The first kappa shape index (κ1) is 54.1. The number of hydrogen-bond donors (Lipinski definition) is 2. The summed E-state index contributed by atoms with van der Waals surface area (Å²) in [6, 6.07) is 39.5. The number of carboxylic acid groups (broad SMARTS) is 2. The number of piperidine rings is 2. The summed E-state index contributed by atoms with van der Waals surface area (Å²) in [5, 5.41) is 14.8. The molecule has 0 aromatic heterocycles. The van der Waals surface area contributed by atoms with E-state index in [0.29, 0.717) is 75.1 Å². The van der Waals surface area contributed by atoms with Gasteiger partial charge in [-0.25, -0.2) is 19.2 Å². The summed E-state index contributed by atoms with van der Waals surface area (Å²) in [5.74, 6) is -4.13. The second-order valence-corrected chi connectivity index (χ2v) is 16.9. The normalized spacial score (nSPS) is 16.1. The van der Waals surface area contributed by atoms with Crippen molar-refractivity contribution in [3.8, 4) is 0 Å². The third-order valence-electron chi connectivity index (χ3n) is 12.4. The molecule has 2 fully saturated rings. The van der Waals surface area contributed by atoms with Crippen LogP contribution in [0, 0.1) is 0 Å². The van der Waals surface area contributed by atoms with E-state index in [1.54, 1.807) is 9.80 Å². The maximum atomic E-state index is 13.1. The van der Waals surface area contributed by atoms with E-state index in [0.717, 1.165) is 13.1 Å². The van der Waals surface area contributed by atoms with Crippen molar-refractivity contribution < 1.29 is 57.9 Å². The molecule has 366 valence electrons. The number of nitrogens with zero attached hydrogens (tertiary/aromatic N) is 4. The molecule has 2 aliphatic rings. The van der Waals surface area contributed by atoms with Crippen LogP contribution in [0.2, 0.25) is 0 Å². The topological polar surface area (TPSA) is 193 Å². The van der Waals surface area contributed by atoms with Gasteiger partial charge in [-0.3, -0.25) is 19.4 Å². The summed E-state index contributed by atoms with van der Waals surface area (Å²) in [6.07, 6.45) is 2.02. The first-order valence-electron chi connectivity index (χ1n) is 22.6. The molecule has 16 heteroatoms. The summed E-state index contributed by atoms with van der Waals surface area (Å²) >= 11 is 0. The number of amides is 2. The summed E-state index contributed by atoms with van der Waals surface area (Å²) in [4.78, 5) is 78.5. The van der Waals surface area contributed by atoms with Crippen LogP contribution in [0.1, 0.15) is 62.5 Å². The first-order chi connectivity index (χ1) is 32.7. The molecule has 0 aliphatic carbocycles. The molecule has 2 heterocycles. The number of carbonyl (C=O) groups is 6. The van der Waals surface area contributed by atoms with Crippen LogP contribution in [0.25, 0.3) is 0 Å². The van der Waals surface area contributed by atoms with Gasteiger partial charge in [0.1, 0.15) is 24.3 Å². The molecule has 2 N–H and O–H groups in total. The molecule has 6 rings (SSSR count). The summed E-state index contributed by atoms with van der Waals surface area (Å²) in [6.45, 7) is 8.87. The average molecular weight is 939 g/mol. The van der Waals surface area contributed by atoms with Gasteiger partial charge in [-0.1, -0.05) is 111 Å². The lowest BCUT2D eigenvalue weighted by Crippen LogP contribution is -2.63. The number of carbonyl (C=O) groups excluding carboxylic acids is 4. The maximum Gasteiger partial charge on any atom is 0.414 e. The molecule has 2 saturated heterocycles. The van der Waals surface area contributed by atoms with Crippen LogP contribution in [0.4, 0.5) is 11.4 Å². The number of likely N-dealkylation sites (tertiary alicyclic amines) is 2. The van der Waals surface area contributed by atoms with E-state index in [4.69, 9.17) is 38.7 Å². The number of aliphatic carboxylic acids is 2. The molecule has 0 radical (unpaired) electrons. The highest BCUT2D eigenvalue weighted by molar-refractivity contribution is 6.27. The van der Waals surface area contributed by atoms with E-state index >= 15 is 0 Å². The van der Waals surface area contributed by atoms with Gasteiger partial charge in [0.25, 0.3) is 11.8 Å². The molecular formula is C52H66N4O12. The van der Waals surface area contributed by atoms with Gasteiger partial charge in [-0.2, -0.15) is 0 Å². The zero-order valence-electron chi connectivity index (χ0n) is 40.0. The van der Waals surface area contributed by atoms with E-state index in [9.17, 15) is 19.2 Å². The SMILES string of the molecule is COCC(=O)N(c1ccccc1)C1(C(=O)OC)CCN(CC(C)c2ccccc2)CC1.COCC(=O)N(c1ccccc1)C1(C(=O)OC)CCN(CC(C)c2ccccc2)CC1.O=C(O)C(=O)O. The van der Waals surface area contributed by atoms with Crippen LogP contribution in [0.3, 0.4) is 0 Å². The van der Waals surface area contributed by atoms with Gasteiger partial charge in [-0.15, -0.1) is 0 Å². The minimum atomic E-state index is -1.82. The Morgan fingerprint density at radius 1 is 0.500 bits per heavy atom. The van der Waals surface area contributed by atoms with E-state index in [2.05, 4.69) is 72.2 Å². The van der Waals surface area contributed by atoms with Gasteiger partial charge >= 0.3 is 23.9 Å². The van der Waals surface area contributed by atoms with Crippen LogP contribution in [0.15, 0.2) is 121 Å². The summed E-state index contributed by atoms with van der Waals surface area (Å²) in [5.41, 5.74) is 1.88. The lowest BCUT2D eigenvalue weighted by Gasteiger charge is -2.46. The van der Waals surface area contributed by atoms with Crippen molar-refractivity contribution in [3.63, 3.8) is 0 Å². The highest BCUT2D eigenvalue weighted by Crippen LogP contribution is 2.37. The zero-order valence-corrected chi connectivity index (χ0v) is 40.0. The van der Waals surface area contributed by atoms with Crippen molar-refractivity contribution in [3.05, 3.63) is 132 Å². The van der Waals surface area contributed by atoms with Crippen molar-refractivity contribution >= 4 is 47.1 Å². The number of carboxylic acids is 2. The number of ether oxygens (including phenoxy) is 4. The van der Waals surface area contributed by atoms with E-state index in [1.807, 2.05) is 72.8 Å². The monoisotopic (exact) mass is 938 g/mol. The predicted octanol–water partition coefficient (Wildman–Crippen LogP) is 6.11. The Labute approximate surface area is 399 Å². The molecular weight excluding hydrogens is 873 g/mol. The Balaban J connectivity index is 0.000000265. The molecule has 68 heavy (non-hydrogen) atoms. The molecule has 4 aromatic rings. The minimum Gasteiger partial charge on any atom is -0.473 e. The molecule has 0 spiro atoms. The second-order valence-electron chi connectivity index (χ2n) is 16.9. The van der Waals surface area contributed by atoms with Crippen LogP contribution in [0.5, 0.6) is 0 Å². The highest BCUT2D eigenvalue weighted by Gasteiger charge is 2.51. The van der Waals surface area contributed by atoms with Gasteiger partial charge in [0.15, 0.2) is 0 Å². The fraction of sp³-hybridized carbons (Fsp3) is 0.423. The Bertz CT molecular complexity index is 2040. The van der Waals surface area contributed by atoms with Crippen molar-refractivity contribution in [1.29, 1.82) is 0 Å². The van der Waals surface area contributed by atoms with Crippen molar-refractivity contribution in [2.75, 3.05) is 90.7 Å². The van der Waals surface area contributed by atoms with Gasteiger partial charge < -0.3 is 39.0 Å². The highest BCUT2D eigenvalue weighted by atomic mass is 16.5. The Hall–Kier alpha value is -6.46. The number of hydrogen-bond acceptors (Lipinski definition) is 12. The molecule has 0 bridgehead atoms. The maximum absolute atomic E-state index is 13.1. The lowest BCUT2D eigenvalue weighted by atomic mass is 9.84. The number of benzene rings is 4. The smallest absolute Gasteiger partial charge is 0.414 e. The van der Waals surface area contributed by atoms with E-state index in [-0.39, 0.29) is 37.0 Å². The molecule has 0 saturated carbocycles. The minimum absolute atomic E-state index is 0.0948. The Morgan fingerprint density at radius 3 is 1.03 bits per heavy atom. The van der Waals surface area contributed by atoms with Crippen LogP contribution in [-0.4, -0.2) is 148 Å². The lowest BCUT2D eigenvalue weighted by molar-refractivity contribution is -0.159. The van der Waals surface area contributed by atoms with Gasteiger partial charge in [0, 0.05) is 64.9 Å². The van der Waals surface area contributed by atoms with Crippen molar-refractivity contribution in [2.45, 2.75) is 62.4 Å². The number of esters is 2. The molecule has 2 unspecified atom stereocenters. The first-order valence-corrected chi connectivity index (χ1v) is 22.6. The van der Waals surface area contributed by atoms with E-state index in [1.165, 1.54) is 39.6 Å². The fourth-order valence-corrected chi connectivity index (χ4v) is 8.97. The quantitative estimate of drug-likeness (QED) is 0.0966. The third kappa shape index (κ3) is 14.3. The largest absolute Gasteiger partial charge is 0.473 e. The number of rotatable bonds is 16. The van der Waals surface area contributed by atoms with Crippen LogP contribution >= 0.6 is 0 Å². The zero-order chi connectivity index (χ0) is 49.7. The van der Waals surface area contributed by atoms with Crippen LogP contribution < -0.4 is 9.80 Å². The average Bonchev–Trinajstić information content (AvgIpc) is 3.36. The molecule has 2 atom stereocenters. The Kier molecular flexibility index (Phi) is 21.3. The number of methoxy groups -OCH3 is 4. The van der Waals surface area contributed by atoms with Gasteiger partial charge in [-0.05, 0) is 72.9 Å². The second kappa shape index (κ2) is 26.8. The standard InChI is InChI=1S/2C25H32N2O4.C2H2O4/c2*1-20(21-10-6-4-7-11-21)18-26-16-14-25(15-17-26,24(29)31-3)27(23(28)19-30-2)22-12-8-5-9-13-22;3-1(4)2(5)6/h2*4-13,20H,14-19H2,1-3H3;(H,3,4)(H,5,6). The predicted molar refractivity (Wildman–Crippen MR) is 257 cm³/mol. The summed E-state index contributed by atoms with van der Waals surface area (Å²) < 4.78 is 20.7. The molecule has 2 aliphatic heterocycles. The molecule has 4 aromatic carbocycles. The number of para-hydroxylation sites is 2. The molecule has 2 amide bonds. The number of anilines is 2. The van der Waals surface area contributed by atoms with E-state index < -0.39 is 23.0 Å². The van der Waals surface area contributed by atoms with Gasteiger partial charge in [0.05, 0.1) is 14.2 Å². The van der Waals surface area contributed by atoms with Gasteiger partial charge in [0.2, 0.25) is 0 Å². The summed E-state index contributed by atoms with van der Waals surface area (Å²) in [7, 11) is 5.74. The fourth-order valence-electron chi connectivity index (χ4n) is 8.97. The Morgan fingerprint density at radius 2 is 0.779 bits per heavy atom.